The van der Waals surface area contributed by atoms with Crippen LogP contribution in [0.4, 0.5) is 18.9 Å². The normalized spacial score (nSPS) is 19.9. The van der Waals surface area contributed by atoms with E-state index in [0.717, 1.165) is 28.7 Å². The number of rotatable bonds is 10. The summed E-state index contributed by atoms with van der Waals surface area (Å²) in [5, 5.41) is 4.19. The van der Waals surface area contributed by atoms with Crippen molar-refractivity contribution < 1.29 is 32.2 Å². The number of amides is 2. The summed E-state index contributed by atoms with van der Waals surface area (Å²) in [4.78, 5) is 36.7. The maximum absolute atomic E-state index is 14.8. The zero-order chi connectivity index (χ0) is 36.0. The number of alkyl halides is 3. The lowest BCUT2D eigenvalue weighted by Gasteiger charge is -2.47. The molecule has 2 amide bonds. The molecule has 50 heavy (non-hydrogen) atoms. The minimum absolute atomic E-state index is 0.00364. The minimum Gasteiger partial charge on any atom is -0.497 e. The van der Waals surface area contributed by atoms with Crippen molar-refractivity contribution in [3.8, 4) is 11.5 Å². The number of nitrogens with one attached hydrogen (secondary N) is 2. The Morgan fingerprint density at radius 1 is 1.00 bits per heavy atom. The molecule has 0 unspecified atom stereocenters. The first kappa shape index (κ1) is 35.3. The zero-order valence-corrected chi connectivity index (χ0v) is 29.4. The molecule has 0 spiro atoms. The Kier molecular flexibility index (Phi) is 9.41. The van der Waals surface area contributed by atoms with Crippen molar-refractivity contribution >= 4 is 28.4 Å². The fourth-order valence-electron chi connectivity index (χ4n) is 7.90. The van der Waals surface area contributed by atoms with E-state index in [1.807, 2.05) is 25.2 Å². The number of hydrogen-bond donors (Lipinski definition) is 2. The standard InChI is InChI=1S/C39H45F3N4O4/c1-24-34(28-9-7-8-10-30(28)43-24)35-29(37(35,2)3)22-33(47)46(23-25-11-13-26(14-12-25)39(40,41)42)38(17-19-45(4)20-18-38)36(48)44-31-16-15-27(49-5)21-32(31)50-6/h7-16,21,29,35,43H,17-20,22-23H2,1-6H3,(H,44,48)/t29-,35-/m0/s1. The van der Waals surface area contributed by atoms with Crippen molar-refractivity contribution in [1.29, 1.82) is 0 Å². The number of ether oxygens (including phenoxy) is 2. The van der Waals surface area contributed by atoms with Crippen LogP contribution in [0.25, 0.3) is 10.9 Å². The number of aryl methyl sites for hydroxylation is 1. The number of carbonyl (C=O) groups excluding carboxylic acids is 2. The van der Waals surface area contributed by atoms with Crippen LogP contribution in [-0.4, -0.2) is 66.5 Å². The Hall–Kier alpha value is -4.51. The first-order chi connectivity index (χ1) is 23.7. The minimum atomic E-state index is -4.49. The molecule has 6 rings (SSSR count). The number of piperidine rings is 1. The Balaban J connectivity index is 1.37. The average Bonchev–Trinajstić information content (AvgIpc) is 3.43. The number of aromatic nitrogens is 1. The van der Waals surface area contributed by atoms with Gasteiger partial charge in [0.15, 0.2) is 0 Å². The molecule has 8 nitrogen and oxygen atoms in total. The number of nitrogens with zero attached hydrogens (tertiary/aromatic N) is 2. The van der Waals surface area contributed by atoms with E-state index in [9.17, 15) is 22.8 Å². The predicted molar refractivity (Wildman–Crippen MR) is 187 cm³/mol. The lowest BCUT2D eigenvalue weighted by molar-refractivity contribution is -0.150. The topological polar surface area (TPSA) is 86.9 Å². The maximum atomic E-state index is 14.8. The number of likely N-dealkylation sites (tertiary alicyclic amines) is 1. The molecule has 1 saturated carbocycles. The molecule has 1 saturated heterocycles. The molecule has 2 N–H and O–H groups in total. The molecule has 2 heterocycles. The van der Waals surface area contributed by atoms with Crippen LogP contribution in [0.15, 0.2) is 66.7 Å². The van der Waals surface area contributed by atoms with Crippen molar-refractivity contribution in [2.24, 2.45) is 11.3 Å². The lowest BCUT2D eigenvalue weighted by Crippen LogP contribution is -2.62. The summed E-state index contributed by atoms with van der Waals surface area (Å²) in [5.74, 6) is 0.494. The third-order valence-electron chi connectivity index (χ3n) is 11.0. The van der Waals surface area contributed by atoms with Crippen LogP contribution in [0.5, 0.6) is 11.5 Å². The second-order valence-corrected chi connectivity index (χ2v) is 14.3. The zero-order valence-electron chi connectivity index (χ0n) is 29.4. The highest BCUT2D eigenvalue weighted by molar-refractivity contribution is 6.01. The predicted octanol–water partition coefficient (Wildman–Crippen LogP) is 7.77. The first-order valence-electron chi connectivity index (χ1n) is 17.0. The van der Waals surface area contributed by atoms with Gasteiger partial charge in [0.05, 0.1) is 25.5 Å². The number of aromatic amines is 1. The van der Waals surface area contributed by atoms with Crippen molar-refractivity contribution in [2.75, 3.05) is 39.7 Å². The molecular weight excluding hydrogens is 645 g/mol. The number of H-pyrrole nitrogens is 1. The van der Waals surface area contributed by atoms with E-state index in [2.05, 4.69) is 42.0 Å². The number of benzene rings is 3. The highest BCUT2D eigenvalue weighted by Gasteiger charge is 2.61. The van der Waals surface area contributed by atoms with Crippen molar-refractivity contribution in [3.05, 3.63) is 89.1 Å². The molecule has 11 heteroatoms. The molecule has 2 fully saturated rings. The van der Waals surface area contributed by atoms with Gasteiger partial charge in [0.25, 0.3) is 5.91 Å². The van der Waals surface area contributed by atoms with Gasteiger partial charge in [0, 0.05) is 48.7 Å². The number of fused-ring (bicyclic) bond motifs is 1. The van der Waals surface area contributed by atoms with Gasteiger partial charge >= 0.3 is 6.18 Å². The van der Waals surface area contributed by atoms with Crippen molar-refractivity contribution in [3.63, 3.8) is 0 Å². The summed E-state index contributed by atoms with van der Waals surface area (Å²) in [6.45, 7) is 7.49. The molecule has 0 bridgehead atoms. The molecule has 2 atom stereocenters. The van der Waals surface area contributed by atoms with Crippen LogP contribution in [0.3, 0.4) is 0 Å². The van der Waals surface area contributed by atoms with E-state index in [0.29, 0.717) is 48.7 Å². The summed E-state index contributed by atoms with van der Waals surface area (Å²) < 4.78 is 51.3. The molecule has 1 aliphatic carbocycles. The highest BCUT2D eigenvalue weighted by atomic mass is 19.4. The second-order valence-electron chi connectivity index (χ2n) is 14.3. The monoisotopic (exact) mass is 690 g/mol. The average molecular weight is 691 g/mol. The number of para-hydroxylation sites is 1. The molecule has 3 aromatic carbocycles. The lowest BCUT2D eigenvalue weighted by atomic mass is 9.83. The molecular formula is C39H45F3N4O4. The summed E-state index contributed by atoms with van der Waals surface area (Å²) in [6, 6.07) is 18.1. The summed E-state index contributed by atoms with van der Waals surface area (Å²) >= 11 is 0. The van der Waals surface area contributed by atoms with E-state index in [-0.39, 0.29) is 42.0 Å². The fourth-order valence-corrected chi connectivity index (χ4v) is 7.90. The molecule has 4 aromatic rings. The van der Waals surface area contributed by atoms with Crippen LogP contribution in [0.2, 0.25) is 0 Å². The van der Waals surface area contributed by atoms with Crippen LogP contribution < -0.4 is 14.8 Å². The van der Waals surface area contributed by atoms with Gasteiger partial charge in [-0.15, -0.1) is 0 Å². The van der Waals surface area contributed by atoms with Crippen molar-refractivity contribution in [1.82, 2.24) is 14.8 Å². The quantitative estimate of drug-likeness (QED) is 0.178. The van der Waals surface area contributed by atoms with Gasteiger partial charge in [0.1, 0.15) is 17.0 Å². The first-order valence-corrected chi connectivity index (χ1v) is 17.0. The molecule has 266 valence electrons. The summed E-state index contributed by atoms with van der Waals surface area (Å²) in [5.41, 5.74) is 2.03. The van der Waals surface area contributed by atoms with Crippen LogP contribution in [-0.2, 0) is 22.3 Å². The van der Waals surface area contributed by atoms with Gasteiger partial charge in [-0.2, -0.15) is 13.2 Å². The SMILES string of the molecule is COc1ccc(NC(=O)C2(N(Cc3ccc(C(F)(F)F)cc3)C(=O)C[C@H]3[C@@H](c4c(C)[nH]c5ccccc45)C3(C)C)CCN(C)CC2)c(OC)c1. The van der Waals surface area contributed by atoms with Gasteiger partial charge in [-0.3, -0.25) is 9.59 Å². The van der Waals surface area contributed by atoms with Crippen molar-refractivity contribution in [2.45, 2.75) is 64.2 Å². The van der Waals surface area contributed by atoms with Gasteiger partial charge in [0.2, 0.25) is 5.91 Å². The summed E-state index contributed by atoms with van der Waals surface area (Å²) in [7, 11) is 5.01. The Bertz CT molecular complexity index is 1880. The Labute approximate surface area is 290 Å². The molecule has 2 aliphatic rings. The van der Waals surface area contributed by atoms with E-state index in [1.54, 1.807) is 23.1 Å². The van der Waals surface area contributed by atoms with Crippen LogP contribution >= 0.6 is 0 Å². The van der Waals surface area contributed by atoms with E-state index < -0.39 is 17.3 Å². The van der Waals surface area contributed by atoms with Gasteiger partial charge < -0.3 is 29.6 Å². The highest BCUT2D eigenvalue weighted by Crippen LogP contribution is 2.67. The summed E-state index contributed by atoms with van der Waals surface area (Å²) in [6.07, 6.45) is -3.61. The number of carbonyl (C=O) groups is 2. The van der Waals surface area contributed by atoms with Gasteiger partial charge in [-0.25, -0.2) is 0 Å². The molecule has 1 aliphatic heterocycles. The number of anilines is 1. The fraction of sp³-hybridized carbons (Fsp3) is 0.436. The number of methoxy groups -OCH3 is 2. The Morgan fingerprint density at radius 2 is 1.68 bits per heavy atom. The van der Waals surface area contributed by atoms with E-state index in [4.69, 9.17) is 9.47 Å². The number of halogens is 3. The number of hydrogen-bond acceptors (Lipinski definition) is 5. The largest absolute Gasteiger partial charge is 0.497 e. The van der Waals surface area contributed by atoms with Gasteiger partial charge in [-0.1, -0.05) is 44.2 Å². The molecule has 0 radical (unpaired) electrons. The third kappa shape index (κ3) is 6.55. The Morgan fingerprint density at radius 3 is 2.32 bits per heavy atom. The molecule has 1 aromatic heterocycles. The smallest absolute Gasteiger partial charge is 0.416 e. The van der Waals surface area contributed by atoms with Crippen LogP contribution in [0.1, 0.15) is 61.4 Å². The van der Waals surface area contributed by atoms with Gasteiger partial charge in [-0.05, 0) is 85.5 Å². The third-order valence-corrected chi connectivity index (χ3v) is 11.0. The van der Waals surface area contributed by atoms with E-state index >= 15 is 0 Å². The van der Waals surface area contributed by atoms with E-state index in [1.165, 1.54) is 31.9 Å². The second kappa shape index (κ2) is 13.3. The maximum Gasteiger partial charge on any atom is 0.416 e. The van der Waals surface area contributed by atoms with Crippen LogP contribution in [0, 0.1) is 18.3 Å².